The van der Waals surface area contributed by atoms with Gasteiger partial charge in [-0.1, -0.05) is 53.4 Å². The van der Waals surface area contributed by atoms with Gasteiger partial charge in [0.25, 0.3) is 0 Å². The van der Waals surface area contributed by atoms with Crippen LogP contribution in [0.1, 0.15) is 79.1 Å². The maximum atomic E-state index is 12.6. The Bertz CT molecular complexity index is 560. The van der Waals surface area contributed by atoms with E-state index in [1.807, 2.05) is 20.8 Å². The van der Waals surface area contributed by atoms with E-state index in [1.54, 1.807) is 0 Å². The van der Waals surface area contributed by atoms with Crippen LogP contribution in [0.2, 0.25) is 0 Å². The van der Waals surface area contributed by atoms with Gasteiger partial charge in [0, 0.05) is 18.7 Å². The number of methoxy groups -OCH3 is 1. The predicted molar refractivity (Wildman–Crippen MR) is 105 cm³/mol. The number of allylic oxidation sites excluding steroid dienone is 1. The van der Waals surface area contributed by atoms with Crippen LogP contribution < -0.4 is 0 Å². The average molecular weight is 366 g/mol. The number of ketones is 1. The van der Waals surface area contributed by atoms with Crippen molar-refractivity contribution < 1.29 is 19.4 Å². The number of hydrogen-bond donors (Lipinski definition) is 1. The molecule has 1 aliphatic rings. The van der Waals surface area contributed by atoms with Crippen LogP contribution in [0.4, 0.5) is 0 Å². The van der Waals surface area contributed by atoms with Crippen LogP contribution in [0, 0.1) is 11.3 Å². The minimum Gasteiger partial charge on any atom is -0.511 e. The zero-order valence-electron chi connectivity index (χ0n) is 17.1. The quantitative estimate of drug-likeness (QED) is 0.446. The third-order valence-electron chi connectivity index (χ3n) is 4.98. The first-order chi connectivity index (χ1) is 12.3. The Morgan fingerprint density at radius 3 is 2.38 bits per heavy atom. The van der Waals surface area contributed by atoms with Gasteiger partial charge in [-0.05, 0) is 24.7 Å². The lowest BCUT2D eigenvalue weighted by molar-refractivity contribution is -0.149. The normalized spacial score (nSPS) is 21.1. The molecule has 5 nitrogen and oxygen atoms in total. The number of aliphatic hydroxyl groups is 1. The molecule has 1 atom stereocenters. The van der Waals surface area contributed by atoms with Crippen LogP contribution in [0.3, 0.4) is 0 Å². The van der Waals surface area contributed by atoms with Gasteiger partial charge in [-0.25, -0.2) is 0 Å². The number of ether oxygens (including phenoxy) is 1. The van der Waals surface area contributed by atoms with Gasteiger partial charge in [-0.2, -0.15) is 0 Å². The summed E-state index contributed by atoms with van der Waals surface area (Å²) in [6, 6.07) is 0. The summed E-state index contributed by atoms with van der Waals surface area (Å²) in [6.45, 7) is 8.56. The first-order valence-electron chi connectivity index (χ1n) is 9.87. The number of esters is 1. The number of nitrogens with zero attached hydrogens (tertiary/aromatic N) is 1. The predicted octanol–water partition coefficient (Wildman–Crippen LogP) is 4.80. The van der Waals surface area contributed by atoms with Crippen LogP contribution in [-0.4, -0.2) is 36.2 Å². The van der Waals surface area contributed by atoms with E-state index in [9.17, 15) is 14.7 Å². The van der Waals surface area contributed by atoms with Crippen LogP contribution in [-0.2, 0) is 14.3 Å². The number of aliphatic hydroxyl groups excluding tert-OH is 1. The smallest absolute Gasteiger partial charge is 0.316 e. The molecular formula is C21H35NO4. The van der Waals surface area contributed by atoms with Gasteiger partial charge < -0.3 is 9.84 Å². The molecule has 1 N–H and O–H groups in total. The fraction of sp³-hybridized carbons (Fsp3) is 0.762. The summed E-state index contributed by atoms with van der Waals surface area (Å²) in [5.74, 6) is -1.64. The summed E-state index contributed by atoms with van der Waals surface area (Å²) in [4.78, 5) is 29.5. The number of carbonyl (C=O) groups excluding carboxylic acids is 2. The van der Waals surface area contributed by atoms with Crippen molar-refractivity contribution in [1.82, 2.24) is 0 Å². The Balaban J connectivity index is 3.12. The Morgan fingerprint density at radius 2 is 1.81 bits per heavy atom. The van der Waals surface area contributed by atoms with Gasteiger partial charge in [0.05, 0.1) is 12.7 Å². The van der Waals surface area contributed by atoms with Crippen LogP contribution in [0.15, 0.2) is 16.3 Å². The molecule has 0 aliphatic heterocycles. The van der Waals surface area contributed by atoms with Crippen molar-refractivity contribution >= 4 is 17.5 Å². The van der Waals surface area contributed by atoms with Crippen molar-refractivity contribution in [3.8, 4) is 0 Å². The van der Waals surface area contributed by atoms with Gasteiger partial charge in [0.15, 0.2) is 5.78 Å². The number of unbranched alkanes of at least 4 members (excludes halogenated alkanes) is 4. The second kappa shape index (κ2) is 10.5. The molecule has 1 unspecified atom stereocenters. The van der Waals surface area contributed by atoms with E-state index in [0.717, 1.165) is 12.8 Å². The van der Waals surface area contributed by atoms with E-state index in [1.165, 1.54) is 26.4 Å². The number of carbonyl (C=O) groups is 2. The minimum atomic E-state index is -0.827. The second-order valence-corrected chi connectivity index (χ2v) is 7.80. The summed E-state index contributed by atoms with van der Waals surface area (Å²) in [5.41, 5.74) is 0.338. The van der Waals surface area contributed by atoms with Gasteiger partial charge >= 0.3 is 5.97 Å². The highest BCUT2D eigenvalue weighted by Crippen LogP contribution is 2.43. The summed E-state index contributed by atoms with van der Waals surface area (Å²) in [7, 11) is 1.30. The monoisotopic (exact) mass is 365 g/mol. The maximum Gasteiger partial charge on any atom is 0.316 e. The molecule has 0 heterocycles. The Morgan fingerprint density at radius 1 is 1.15 bits per heavy atom. The number of rotatable bonds is 10. The number of aliphatic imine (C=N–C) groups is 1. The first kappa shape index (κ1) is 22.4. The van der Waals surface area contributed by atoms with Gasteiger partial charge in [-0.3, -0.25) is 14.6 Å². The topological polar surface area (TPSA) is 76.0 Å². The van der Waals surface area contributed by atoms with E-state index in [0.29, 0.717) is 31.5 Å². The lowest BCUT2D eigenvalue weighted by Gasteiger charge is -2.37. The van der Waals surface area contributed by atoms with Crippen molar-refractivity contribution in [3.63, 3.8) is 0 Å². The molecule has 0 aromatic carbocycles. The zero-order valence-corrected chi connectivity index (χ0v) is 17.1. The molecule has 26 heavy (non-hydrogen) atoms. The van der Waals surface area contributed by atoms with E-state index in [2.05, 4.69) is 11.9 Å². The molecule has 5 heteroatoms. The molecule has 0 saturated carbocycles. The van der Waals surface area contributed by atoms with Crippen molar-refractivity contribution in [2.45, 2.75) is 79.1 Å². The van der Waals surface area contributed by atoms with E-state index in [4.69, 9.17) is 4.74 Å². The van der Waals surface area contributed by atoms with Gasteiger partial charge in [-0.15, -0.1) is 0 Å². The van der Waals surface area contributed by atoms with Gasteiger partial charge in [0.2, 0.25) is 0 Å². The van der Waals surface area contributed by atoms with Crippen molar-refractivity contribution in [3.05, 3.63) is 11.3 Å². The molecular weight excluding hydrogens is 330 g/mol. The number of Topliss-reactive ketones (excluding diaryl/α,β-unsaturated/α-hetero) is 1. The Hall–Kier alpha value is -1.65. The lowest BCUT2D eigenvalue weighted by Crippen LogP contribution is -2.42. The summed E-state index contributed by atoms with van der Waals surface area (Å²) >= 11 is 0. The molecule has 0 aromatic heterocycles. The fourth-order valence-electron chi connectivity index (χ4n) is 3.55. The Labute approximate surface area is 157 Å². The van der Waals surface area contributed by atoms with Crippen molar-refractivity contribution in [2.75, 3.05) is 13.7 Å². The van der Waals surface area contributed by atoms with Crippen LogP contribution >= 0.6 is 0 Å². The fourth-order valence-corrected chi connectivity index (χ4v) is 3.55. The summed E-state index contributed by atoms with van der Waals surface area (Å²) < 4.78 is 4.87. The SMILES string of the molecule is CCCCCCCN=C1CC(C)(C)C(C(=O)OC)C(O)=C1C(=O)CCC. The highest BCUT2D eigenvalue weighted by Gasteiger charge is 2.47. The standard InChI is InChI=1S/C21H35NO4/c1-6-8-9-10-11-13-22-15-14-21(3,4)18(20(25)26-5)19(24)17(15)16(23)12-7-2/h18,24H,6-14H2,1-5H3. The third-order valence-corrected chi connectivity index (χ3v) is 4.98. The van der Waals surface area contributed by atoms with Gasteiger partial charge in [0.1, 0.15) is 11.7 Å². The van der Waals surface area contributed by atoms with E-state index < -0.39 is 17.3 Å². The molecule has 0 fully saturated rings. The molecule has 1 rings (SSSR count). The Kier molecular flexibility index (Phi) is 9.03. The molecule has 0 bridgehead atoms. The van der Waals surface area contributed by atoms with Crippen molar-refractivity contribution in [2.24, 2.45) is 16.3 Å². The van der Waals surface area contributed by atoms with Crippen molar-refractivity contribution in [1.29, 1.82) is 0 Å². The average Bonchev–Trinajstić information content (AvgIpc) is 2.56. The molecule has 1 aliphatic carbocycles. The van der Waals surface area contributed by atoms with Crippen LogP contribution in [0.5, 0.6) is 0 Å². The molecule has 0 aromatic rings. The van der Waals surface area contributed by atoms with E-state index >= 15 is 0 Å². The molecule has 0 amide bonds. The number of hydrogen-bond acceptors (Lipinski definition) is 5. The molecule has 0 saturated heterocycles. The summed E-state index contributed by atoms with van der Waals surface area (Å²) in [5, 5.41) is 10.8. The highest BCUT2D eigenvalue weighted by molar-refractivity contribution is 6.24. The summed E-state index contributed by atoms with van der Waals surface area (Å²) in [6.07, 6.45) is 7.22. The maximum absolute atomic E-state index is 12.6. The third kappa shape index (κ3) is 5.68. The second-order valence-electron chi connectivity index (χ2n) is 7.80. The molecule has 0 radical (unpaired) electrons. The van der Waals surface area contributed by atoms with Crippen LogP contribution in [0.25, 0.3) is 0 Å². The highest BCUT2D eigenvalue weighted by atomic mass is 16.5. The lowest BCUT2D eigenvalue weighted by atomic mass is 9.67. The van der Waals surface area contributed by atoms with E-state index in [-0.39, 0.29) is 17.1 Å². The molecule has 148 valence electrons. The largest absolute Gasteiger partial charge is 0.511 e. The minimum absolute atomic E-state index is 0.140. The zero-order chi connectivity index (χ0) is 19.7. The molecule has 0 spiro atoms. The first-order valence-corrected chi connectivity index (χ1v) is 9.87.